The molecule has 0 spiro atoms. The number of esters is 1. The Morgan fingerprint density at radius 1 is 1.38 bits per heavy atom. The molecule has 0 aliphatic carbocycles. The summed E-state index contributed by atoms with van der Waals surface area (Å²) in [4.78, 5) is 25.2. The van der Waals surface area contributed by atoms with Crippen LogP contribution >= 0.6 is 0 Å². The van der Waals surface area contributed by atoms with Gasteiger partial charge < -0.3 is 14.0 Å². The fourth-order valence-electron chi connectivity index (χ4n) is 2.94. The molecule has 0 bridgehead atoms. The first kappa shape index (κ1) is 18.6. The summed E-state index contributed by atoms with van der Waals surface area (Å²) < 4.78 is 31.4. The van der Waals surface area contributed by atoms with E-state index in [1.54, 1.807) is 23.9 Å². The summed E-state index contributed by atoms with van der Waals surface area (Å²) in [5.74, 6) is -1.22. The SMILES string of the molecule is CCOC(=O)c1cc(-c2ccc(N3CC(Cn4ccnn4)OC3=O)cc2F)on1. The third-order valence-electron chi connectivity index (χ3n) is 4.26. The molecule has 4 rings (SSSR count). The van der Waals surface area contributed by atoms with Crippen LogP contribution in [0.25, 0.3) is 11.3 Å². The van der Waals surface area contributed by atoms with E-state index in [4.69, 9.17) is 14.0 Å². The van der Waals surface area contributed by atoms with Crippen LogP contribution in [0.15, 0.2) is 41.2 Å². The minimum absolute atomic E-state index is 0.0515. The number of amides is 1. The van der Waals surface area contributed by atoms with Crippen molar-refractivity contribution in [3.05, 3.63) is 48.2 Å². The number of hydrogen-bond donors (Lipinski definition) is 0. The Hall–Kier alpha value is -3.76. The second kappa shape index (κ2) is 7.70. The largest absolute Gasteiger partial charge is 0.461 e. The van der Waals surface area contributed by atoms with Gasteiger partial charge >= 0.3 is 12.1 Å². The summed E-state index contributed by atoms with van der Waals surface area (Å²) in [7, 11) is 0. The third-order valence-corrected chi connectivity index (χ3v) is 4.26. The first-order valence-electron chi connectivity index (χ1n) is 8.81. The maximum atomic E-state index is 14.7. The highest BCUT2D eigenvalue weighted by Crippen LogP contribution is 2.29. The highest BCUT2D eigenvalue weighted by Gasteiger charge is 2.33. The smallest absolute Gasteiger partial charge is 0.414 e. The predicted molar refractivity (Wildman–Crippen MR) is 95.5 cm³/mol. The predicted octanol–water partition coefficient (Wildman–Crippen LogP) is 2.27. The molecule has 150 valence electrons. The minimum Gasteiger partial charge on any atom is -0.461 e. The van der Waals surface area contributed by atoms with Crippen molar-refractivity contribution in [2.75, 3.05) is 18.1 Å². The molecule has 0 N–H and O–H groups in total. The van der Waals surface area contributed by atoms with Gasteiger partial charge in [-0.05, 0) is 25.1 Å². The number of hydrogen-bond acceptors (Lipinski definition) is 8. The number of aromatic nitrogens is 4. The van der Waals surface area contributed by atoms with Gasteiger partial charge in [0, 0.05) is 12.3 Å². The lowest BCUT2D eigenvalue weighted by atomic mass is 10.1. The molecular weight excluding hydrogens is 385 g/mol. The van der Waals surface area contributed by atoms with Crippen LogP contribution in [0.2, 0.25) is 0 Å². The number of ether oxygens (including phenoxy) is 2. The van der Waals surface area contributed by atoms with E-state index in [2.05, 4.69) is 15.5 Å². The van der Waals surface area contributed by atoms with E-state index in [0.29, 0.717) is 12.2 Å². The van der Waals surface area contributed by atoms with Crippen molar-refractivity contribution in [1.29, 1.82) is 0 Å². The van der Waals surface area contributed by atoms with Crippen LogP contribution in [0, 0.1) is 5.82 Å². The van der Waals surface area contributed by atoms with Crippen molar-refractivity contribution < 1.29 is 28.0 Å². The molecule has 1 atom stereocenters. The normalized spacial score (nSPS) is 16.1. The standard InChI is InChI=1S/C18H16FN5O5/c1-2-27-17(25)15-8-16(29-21-15)13-4-3-11(7-14(13)19)24-10-12(28-18(24)26)9-23-6-5-20-22-23/h3-8,12H,2,9-10H2,1H3. The van der Waals surface area contributed by atoms with E-state index >= 15 is 0 Å². The average molecular weight is 401 g/mol. The lowest BCUT2D eigenvalue weighted by Gasteiger charge is -2.13. The molecule has 11 heteroatoms. The maximum Gasteiger partial charge on any atom is 0.414 e. The van der Waals surface area contributed by atoms with E-state index in [1.807, 2.05) is 0 Å². The summed E-state index contributed by atoms with van der Waals surface area (Å²) in [5, 5.41) is 11.1. The second-order valence-corrected chi connectivity index (χ2v) is 6.20. The lowest BCUT2D eigenvalue weighted by molar-refractivity contribution is 0.0514. The molecule has 3 heterocycles. The van der Waals surface area contributed by atoms with Crippen molar-refractivity contribution in [3.8, 4) is 11.3 Å². The van der Waals surface area contributed by atoms with Gasteiger partial charge in [0.1, 0.15) is 11.9 Å². The van der Waals surface area contributed by atoms with E-state index in [1.165, 1.54) is 29.3 Å². The van der Waals surface area contributed by atoms with E-state index in [-0.39, 0.29) is 30.2 Å². The molecular formula is C18H16FN5O5. The molecule has 1 fully saturated rings. The first-order chi connectivity index (χ1) is 14.0. The van der Waals surface area contributed by atoms with Crippen LogP contribution in [-0.2, 0) is 16.0 Å². The van der Waals surface area contributed by atoms with Gasteiger partial charge in [0.05, 0.1) is 37.1 Å². The zero-order valence-corrected chi connectivity index (χ0v) is 15.3. The molecule has 1 aliphatic heterocycles. The molecule has 2 aromatic heterocycles. The van der Waals surface area contributed by atoms with Crippen LogP contribution in [0.3, 0.4) is 0 Å². The molecule has 1 aromatic carbocycles. The van der Waals surface area contributed by atoms with E-state index < -0.39 is 24.0 Å². The Bertz CT molecular complexity index is 1040. The fraction of sp³-hybridized carbons (Fsp3) is 0.278. The van der Waals surface area contributed by atoms with Gasteiger partial charge in [0.25, 0.3) is 0 Å². The molecule has 1 amide bonds. The fourth-order valence-corrected chi connectivity index (χ4v) is 2.94. The molecule has 29 heavy (non-hydrogen) atoms. The Balaban J connectivity index is 1.50. The highest BCUT2D eigenvalue weighted by molar-refractivity contribution is 5.90. The van der Waals surface area contributed by atoms with Gasteiger partial charge in [-0.15, -0.1) is 5.10 Å². The van der Waals surface area contributed by atoms with Crippen molar-refractivity contribution >= 4 is 17.7 Å². The van der Waals surface area contributed by atoms with E-state index in [9.17, 15) is 14.0 Å². The van der Waals surface area contributed by atoms with Gasteiger partial charge in [0.15, 0.2) is 11.5 Å². The van der Waals surface area contributed by atoms with Gasteiger partial charge in [0.2, 0.25) is 0 Å². The molecule has 0 radical (unpaired) electrons. The van der Waals surface area contributed by atoms with Crippen LogP contribution < -0.4 is 4.90 Å². The number of nitrogens with zero attached hydrogens (tertiary/aromatic N) is 5. The van der Waals surface area contributed by atoms with Gasteiger partial charge in [-0.3, -0.25) is 4.90 Å². The van der Waals surface area contributed by atoms with Gasteiger partial charge in [-0.2, -0.15) is 0 Å². The Morgan fingerprint density at radius 3 is 2.97 bits per heavy atom. The highest BCUT2D eigenvalue weighted by atomic mass is 19.1. The zero-order valence-electron chi connectivity index (χ0n) is 15.3. The summed E-state index contributed by atoms with van der Waals surface area (Å²) in [5.41, 5.74) is 0.385. The average Bonchev–Trinajstić information content (AvgIpc) is 3.43. The van der Waals surface area contributed by atoms with Crippen LogP contribution in [0.5, 0.6) is 0 Å². The van der Waals surface area contributed by atoms with Gasteiger partial charge in [-0.1, -0.05) is 10.4 Å². The molecule has 1 aliphatic rings. The maximum absolute atomic E-state index is 14.7. The Morgan fingerprint density at radius 2 is 2.24 bits per heavy atom. The summed E-state index contributed by atoms with van der Waals surface area (Å²) in [6, 6.07) is 5.50. The van der Waals surface area contributed by atoms with Crippen molar-refractivity contribution in [2.24, 2.45) is 0 Å². The van der Waals surface area contributed by atoms with Crippen molar-refractivity contribution in [2.45, 2.75) is 19.6 Å². The number of rotatable bonds is 6. The molecule has 3 aromatic rings. The molecule has 10 nitrogen and oxygen atoms in total. The number of cyclic esters (lactones) is 1. The van der Waals surface area contributed by atoms with E-state index in [0.717, 1.165) is 0 Å². The van der Waals surface area contributed by atoms with Crippen LogP contribution in [0.1, 0.15) is 17.4 Å². The number of benzene rings is 1. The molecule has 1 unspecified atom stereocenters. The zero-order chi connectivity index (χ0) is 20.4. The molecule has 0 saturated carbocycles. The Kier molecular flexibility index (Phi) is 4.94. The summed E-state index contributed by atoms with van der Waals surface area (Å²) in [6.45, 7) is 2.44. The van der Waals surface area contributed by atoms with Crippen molar-refractivity contribution in [3.63, 3.8) is 0 Å². The topological polar surface area (TPSA) is 113 Å². The second-order valence-electron chi connectivity index (χ2n) is 6.20. The summed E-state index contributed by atoms with van der Waals surface area (Å²) >= 11 is 0. The molecule has 1 saturated heterocycles. The summed E-state index contributed by atoms with van der Waals surface area (Å²) in [6.07, 6.45) is 2.17. The van der Waals surface area contributed by atoms with Gasteiger partial charge in [-0.25, -0.2) is 18.7 Å². The number of anilines is 1. The first-order valence-corrected chi connectivity index (χ1v) is 8.81. The number of halogens is 1. The van der Waals surface area contributed by atoms with Crippen LogP contribution in [-0.4, -0.2) is 51.5 Å². The minimum atomic E-state index is -0.655. The quantitative estimate of drug-likeness (QED) is 0.578. The third kappa shape index (κ3) is 3.79. The monoisotopic (exact) mass is 401 g/mol. The Labute approximate surface area is 163 Å². The number of carbonyl (C=O) groups is 2. The lowest BCUT2D eigenvalue weighted by Crippen LogP contribution is -2.26. The number of carbonyl (C=O) groups excluding carboxylic acids is 2. The van der Waals surface area contributed by atoms with Crippen LogP contribution in [0.4, 0.5) is 14.9 Å². The van der Waals surface area contributed by atoms with Crippen molar-refractivity contribution in [1.82, 2.24) is 20.2 Å².